The lowest BCUT2D eigenvalue weighted by molar-refractivity contribution is -0.207. The highest BCUT2D eigenvalue weighted by molar-refractivity contribution is 5.11. The predicted molar refractivity (Wildman–Crippen MR) is 60.8 cm³/mol. The molecule has 1 atom stereocenters. The summed E-state index contributed by atoms with van der Waals surface area (Å²) < 4.78 is 6.14. The minimum Gasteiger partial charge on any atom is -0.372 e. The minimum absolute atomic E-state index is 0.215. The van der Waals surface area contributed by atoms with Gasteiger partial charge in [0.15, 0.2) is 0 Å². The van der Waals surface area contributed by atoms with Gasteiger partial charge in [-0.05, 0) is 37.0 Å². The highest BCUT2D eigenvalue weighted by Crippen LogP contribution is 2.55. The molecule has 0 radical (unpaired) electrons. The second kappa shape index (κ2) is 3.21. The van der Waals surface area contributed by atoms with Gasteiger partial charge in [-0.2, -0.15) is 0 Å². The zero-order chi connectivity index (χ0) is 10.5. The fourth-order valence-electron chi connectivity index (χ4n) is 4.00. The molecule has 2 nitrogen and oxygen atoms in total. The molecule has 2 heteroatoms. The molecule has 1 aliphatic heterocycles. The van der Waals surface area contributed by atoms with Crippen LogP contribution in [0, 0.1) is 11.3 Å². The first-order valence-corrected chi connectivity index (χ1v) is 6.49. The molecule has 1 N–H and O–H groups in total. The molecule has 3 fully saturated rings. The summed E-state index contributed by atoms with van der Waals surface area (Å²) in [5, 5.41) is 3.73. The molecular formula is C13H23NO. The maximum absolute atomic E-state index is 6.14. The number of nitrogens with one attached hydrogen (secondary N) is 1. The van der Waals surface area contributed by atoms with Gasteiger partial charge in [-0.3, -0.25) is 0 Å². The van der Waals surface area contributed by atoms with Crippen LogP contribution in [-0.2, 0) is 4.74 Å². The van der Waals surface area contributed by atoms with Crippen LogP contribution in [0.3, 0.4) is 0 Å². The SMILES string of the molecule is CC1(C)CC2(C1)OCCNC2C1CCC1. The third-order valence-electron chi connectivity index (χ3n) is 4.60. The lowest BCUT2D eigenvalue weighted by Crippen LogP contribution is -2.69. The monoisotopic (exact) mass is 209 g/mol. The molecule has 0 aromatic rings. The molecule has 1 saturated heterocycles. The van der Waals surface area contributed by atoms with Crippen LogP contribution in [0.4, 0.5) is 0 Å². The Bertz CT molecular complexity index is 249. The van der Waals surface area contributed by atoms with Crippen molar-refractivity contribution in [3.8, 4) is 0 Å². The molecule has 0 aromatic carbocycles. The number of hydrogen-bond donors (Lipinski definition) is 1. The van der Waals surface area contributed by atoms with Crippen molar-refractivity contribution >= 4 is 0 Å². The highest BCUT2D eigenvalue weighted by Gasteiger charge is 2.57. The second-order valence-corrected chi connectivity index (χ2v) is 6.55. The lowest BCUT2D eigenvalue weighted by atomic mass is 9.54. The number of rotatable bonds is 1. The molecule has 0 bridgehead atoms. The first-order valence-electron chi connectivity index (χ1n) is 6.49. The van der Waals surface area contributed by atoms with E-state index in [0.717, 1.165) is 19.1 Å². The summed E-state index contributed by atoms with van der Waals surface area (Å²) in [5.41, 5.74) is 0.730. The van der Waals surface area contributed by atoms with Crippen molar-refractivity contribution in [2.75, 3.05) is 13.2 Å². The first kappa shape index (κ1) is 10.1. The van der Waals surface area contributed by atoms with E-state index in [1.807, 2.05) is 0 Å². The van der Waals surface area contributed by atoms with E-state index in [0.29, 0.717) is 11.5 Å². The Morgan fingerprint density at radius 3 is 2.47 bits per heavy atom. The van der Waals surface area contributed by atoms with E-state index < -0.39 is 0 Å². The van der Waals surface area contributed by atoms with Crippen LogP contribution in [0.15, 0.2) is 0 Å². The summed E-state index contributed by atoms with van der Waals surface area (Å²) in [5.74, 6) is 0.904. The van der Waals surface area contributed by atoms with Crippen LogP contribution in [0.5, 0.6) is 0 Å². The van der Waals surface area contributed by atoms with Crippen molar-refractivity contribution in [2.24, 2.45) is 11.3 Å². The van der Waals surface area contributed by atoms with E-state index in [-0.39, 0.29) is 5.60 Å². The normalized spacial score (nSPS) is 38.4. The predicted octanol–water partition coefficient (Wildman–Crippen LogP) is 2.33. The summed E-state index contributed by atoms with van der Waals surface area (Å²) in [7, 11) is 0. The summed E-state index contributed by atoms with van der Waals surface area (Å²) in [6.45, 7) is 6.71. The number of ether oxygens (including phenoxy) is 1. The van der Waals surface area contributed by atoms with E-state index in [9.17, 15) is 0 Å². The quantitative estimate of drug-likeness (QED) is 0.715. The van der Waals surface area contributed by atoms with Crippen LogP contribution >= 0.6 is 0 Å². The Morgan fingerprint density at radius 1 is 1.20 bits per heavy atom. The number of morpholine rings is 1. The van der Waals surface area contributed by atoms with Gasteiger partial charge in [0.2, 0.25) is 0 Å². The van der Waals surface area contributed by atoms with Gasteiger partial charge in [0.1, 0.15) is 0 Å². The molecule has 3 rings (SSSR count). The third kappa shape index (κ3) is 1.53. The first-order chi connectivity index (χ1) is 7.11. The van der Waals surface area contributed by atoms with Crippen molar-refractivity contribution in [3.05, 3.63) is 0 Å². The molecule has 2 saturated carbocycles. The van der Waals surface area contributed by atoms with Crippen LogP contribution in [0.2, 0.25) is 0 Å². The second-order valence-electron chi connectivity index (χ2n) is 6.55. The third-order valence-corrected chi connectivity index (χ3v) is 4.60. The Hall–Kier alpha value is -0.0800. The average Bonchev–Trinajstić information content (AvgIpc) is 2.02. The zero-order valence-corrected chi connectivity index (χ0v) is 10.0. The van der Waals surface area contributed by atoms with E-state index in [2.05, 4.69) is 19.2 Å². The van der Waals surface area contributed by atoms with Gasteiger partial charge in [-0.1, -0.05) is 20.3 Å². The summed E-state index contributed by atoms with van der Waals surface area (Å²) in [6.07, 6.45) is 6.79. The molecule has 1 unspecified atom stereocenters. The summed E-state index contributed by atoms with van der Waals surface area (Å²) in [4.78, 5) is 0. The standard InChI is InChI=1S/C13H23NO/c1-12(2)8-13(9-12)11(10-4-3-5-10)14-6-7-15-13/h10-11,14H,3-9H2,1-2H3. The molecule has 1 heterocycles. The molecular weight excluding hydrogens is 186 g/mol. The fourth-order valence-corrected chi connectivity index (χ4v) is 4.00. The Balaban J connectivity index is 1.73. The topological polar surface area (TPSA) is 21.3 Å². The molecule has 0 aromatic heterocycles. The molecule has 2 aliphatic carbocycles. The molecule has 3 aliphatic rings. The highest BCUT2D eigenvalue weighted by atomic mass is 16.5. The van der Waals surface area contributed by atoms with Crippen LogP contribution in [0.25, 0.3) is 0 Å². The van der Waals surface area contributed by atoms with E-state index >= 15 is 0 Å². The smallest absolute Gasteiger partial charge is 0.0848 e. The van der Waals surface area contributed by atoms with Crippen molar-refractivity contribution in [2.45, 2.75) is 57.6 Å². The summed E-state index contributed by atoms with van der Waals surface area (Å²) in [6, 6.07) is 0.660. The molecule has 86 valence electrons. The van der Waals surface area contributed by atoms with Gasteiger partial charge < -0.3 is 10.1 Å². The van der Waals surface area contributed by atoms with Gasteiger partial charge in [-0.15, -0.1) is 0 Å². The Labute approximate surface area is 92.8 Å². The molecule has 0 amide bonds. The zero-order valence-electron chi connectivity index (χ0n) is 10.0. The van der Waals surface area contributed by atoms with Gasteiger partial charge in [0.25, 0.3) is 0 Å². The van der Waals surface area contributed by atoms with Gasteiger partial charge in [0, 0.05) is 12.6 Å². The van der Waals surface area contributed by atoms with Gasteiger partial charge >= 0.3 is 0 Å². The fraction of sp³-hybridized carbons (Fsp3) is 1.00. The average molecular weight is 209 g/mol. The maximum atomic E-state index is 6.14. The largest absolute Gasteiger partial charge is 0.372 e. The number of hydrogen-bond acceptors (Lipinski definition) is 2. The maximum Gasteiger partial charge on any atom is 0.0848 e. The lowest BCUT2D eigenvalue weighted by Gasteiger charge is -2.61. The van der Waals surface area contributed by atoms with Crippen LogP contribution in [0.1, 0.15) is 46.0 Å². The molecule has 1 spiro atoms. The Kier molecular flexibility index (Phi) is 2.16. The summed E-state index contributed by atoms with van der Waals surface area (Å²) >= 11 is 0. The van der Waals surface area contributed by atoms with Crippen molar-refractivity contribution < 1.29 is 4.74 Å². The van der Waals surface area contributed by atoms with Crippen molar-refractivity contribution in [3.63, 3.8) is 0 Å². The van der Waals surface area contributed by atoms with E-state index in [1.165, 1.54) is 32.1 Å². The van der Waals surface area contributed by atoms with Crippen molar-refractivity contribution in [1.82, 2.24) is 5.32 Å². The van der Waals surface area contributed by atoms with Gasteiger partial charge in [0.05, 0.1) is 12.2 Å². The van der Waals surface area contributed by atoms with Crippen LogP contribution in [-0.4, -0.2) is 24.8 Å². The van der Waals surface area contributed by atoms with E-state index in [1.54, 1.807) is 0 Å². The van der Waals surface area contributed by atoms with Crippen molar-refractivity contribution in [1.29, 1.82) is 0 Å². The Morgan fingerprint density at radius 2 is 1.93 bits per heavy atom. The minimum atomic E-state index is 0.215. The molecule has 15 heavy (non-hydrogen) atoms. The van der Waals surface area contributed by atoms with Crippen LogP contribution < -0.4 is 5.32 Å². The van der Waals surface area contributed by atoms with E-state index in [4.69, 9.17) is 4.74 Å². The van der Waals surface area contributed by atoms with Gasteiger partial charge in [-0.25, -0.2) is 0 Å².